The third kappa shape index (κ3) is 3.04. The van der Waals surface area contributed by atoms with Gasteiger partial charge in [0.25, 0.3) is 5.91 Å². The zero-order valence-corrected chi connectivity index (χ0v) is 16.0. The fraction of sp³-hybridized carbons (Fsp3) is 0.304. The molecule has 0 fully saturated rings. The van der Waals surface area contributed by atoms with Gasteiger partial charge in [-0.2, -0.15) is 5.26 Å². The van der Waals surface area contributed by atoms with Crippen LogP contribution >= 0.6 is 0 Å². The van der Waals surface area contributed by atoms with Crippen LogP contribution in [0.5, 0.6) is 0 Å². The van der Waals surface area contributed by atoms with Crippen LogP contribution in [0, 0.1) is 39.0 Å². The zero-order chi connectivity index (χ0) is 19.1. The van der Waals surface area contributed by atoms with Crippen molar-refractivity contribution in [2.45, 2.75) is 46.6 Å². The highest BCUT2D eigenvalue weighted by Crippen LogP contribution is 2.39. The number of nitrogens with one attached hydrogen (secondary N) is 1. The predicted octanol–water partition coefficient (Wildman–Crippen LogP) is 4.63. The number of carbonyl (C=O) groups excluding carboxylic acids is 1. The Kier molecular flexibility index (Phi) is 4.46. The average molecular weight is 344 g/mol. The van der Waals surface area contributed by atoms with Crippen LogP contribution < -0.4 is 5.32 Å². The molecule has 1 aliphatic rings. The molecule has 3 rings (SSSR count). The molecule has 1 unspecified atom stereocenters. The average Bonchev–Trinajstić information content (AvgIpc) is 2.59. The summed E-state index contributed by atoms with van der Waals surface area (Å²) in [6.07, 6.45) is 0.590. The molecule has 132 valence electrons. The quantitative estimate of drug-likeness (QED) is 0.863. The Bertz CT molecular complexity index is 978. The van der Waals surface area contributed by atoms with E-state index in [4.69, 9.17) is 0 Å². The highest BCUT2D eigenvalue weighted by Gasteiger charge is 2.37. The number of nitriles is 1. The summed E-state index contributed by atoms with van der Waals surface area (Å²) in [6.45, 7) is 10.3. The van der Waals surface area contributed by atoms with Crippen molar-refractivity contribution in [2.75, 3.05) is 0 Å². The summed E-state index contributed by atoms with van der Waals surface area (Å²) in [5.41, 5.74) is 7.29. The van der Waals surface area contributed by atoms with Crippen molar-refractivity contribution < 1.29 is 4.79 Å². The van der Waals surface area contributed by atoms with E-state index in [1.54, 1.807) is 0 Å². The third-order valence-corrected chi connectivity index (χ3v) is 5.56. The lowest BCUT2D eigenvalue weighted by Crippen LogP contribution is -2.47. The number of hydrogen-bond acceptors (Lipinski definition) is 2. The lowest BCUT2D eigenvalue weighted by molar-refractivity contribution is -0.119. The summed E-state index contributed by atoms with van der Waals surface area (Å²) in [5, 5.41) is 12.6. The fourth-order valence-corrected chi connectivity index (χ4v) is 3.49. The molecular weight excluding hydrogens is 320 g/mol. The van der Waals surface area contributed by atoms with Gasteiger partial charge in [-0.05, 0) is 73.6 Å². The van der Waals surface area contributed by atoms with E-state index in [2.05, 4.69) is 63.3 Å². The zero-order valence-electron chi connectivity index (χ0n) is 16.0. The molecule has 3 nitrogen and oxygen atoms in total. The molecule has 1 N–H and O–H groups in total. The summed E-state index contributed by atoms with van der Waals surface area (Å²) >= 11 is 0. The largest absolute Gasteiger partial charge is 0.342 e. The first-order valence-corrected chi connectivity index (χ1v) is 8.86. The Morgan fingerprint density at radius 3 is 2.15 bits per heavy atom. The van der Waals surface area contributed by atoms with Crippen molar-refractivity contribution in [2.24, 2.45) is 0 Å². The van der Waals surface area contributed by atoms with Crippen LogP contribution in [0.2, 0.25) is 0 Å². The van der Waals surface area contributed by atoms with Gasteiger partial charge in [-0.3, -0.25) is 4.79 Å². The maximum Gasteiger partial charge on any atom is 0.262 e. The molecule has 0 saturated carbocycles. The molecule has 1 aliphatic heterocycles. The lowest BCUT2D eigenvalue weighted by Gasteiger charge is -2.37. The highest BCUT2D eigenvalue weighted by molar-refractivity contribution is 6.07. The number of carbonyl (C=O) groups is 1. The fourth-order valence-electron chi connectivity index (χ4n) is 3.49. The number of benzene rings is 2. The van der Waals surface area contributed by atoms with Crippen molar-refractivity contribution in [3.8, 4) is 6.07 Å². The molecule has 0 spiro atoms. The van der Waals surface area contributed by atoms with Gasteiger partial charge in [-0.15, -0.1) is 0 Å². The minimum Gasteiger partial charge on any atom is -0.342 e. The Balaban J connectivity index is 2.13. The molecule has 3 heteroatoms. The van der Waals surface area contributed by atoms with Crippen molar-refractivity contribution in [3.63, 3.8) is 0 Å². The number of aryl methyl sites for hydroxylation is 4. The molecule has 1 amide bonds. The monoisotopic (exact) mass is 344 g/mol. The Morgan fingerprint density at radius 2 is 1.58 bits per heavy atom. The van der Waals surface area contributed by atoms with Crippen LogP contribution in [-0.2, 0) is 10.3 Å². The van der Waals surface area contributed by atoms with E-state index in [1.165, 1.54) is 16.7 Å². The van der Waals surface area contributed by atoms with Gasteiger partial charge in [-0.25, -0.2) is 0 Å². The number of nitrogens with zero attached hydrogens (tertiary/aromatic N) is 1. The van der Waals surface area contributed by atoms with Crippen LogP contribution in [0.4, 0.5) is 0 Å². The van der Waals surface area contributed by atoms with Crippen LogP contribution in [0.1, 0.15) is 46.7 Å². The first kappa shape index (κ1) is 17.9. The molecule has 2 aromatic rings. The molecule has 1 heterocycles. The number of amides is 1. The molecule has 0 aromatic heterocycles. The highest BCUT2D eigenvalue weighted by atomic mass is 16.1. The van der Waals surface area contributed by atoms with E-state index in [1.807, 2.05) is 19.1 Å². The minimum absolute atomic E-state index is 0.217. The van der Waals surface area contributed by atoms with Crippen molar-refractivity contribution in [1.82, 2.24) is 5.32 Å². The van der Waals surface area contributed by atoms with Gasteiger partial charge in [-0.1, -0.05) is 36.4 Å². The van der Waals surface area contributed by atoms with Crippen LogP contribution in [0.15, 0.2) is 42.0 Å². The Morgan fingerprint density at radius 1 is 0.962 bits per heavy atom. The standard InChI is InChI=1S/C23H24N2O/c1-14-6-8-18(10-16(14)3)20-12-23(5,25-22(26)21(20)13-24)19-9-7-15(2)17(4)11-19/h6-11H,12H2,1-5H3,(H,25,26). The number of hydrogen-bond donors (Lipinski definition) is 1. The van der Waals surface area contributed by atoms with Gasteiger partial charge < -0.3 is 5.32 Å². The summed E-state index contributed by atoms with van der Waals surface area (Å²) in [6, 6.07) is 14.5. The first-order valence-electron chi connectivity index (χ1n) is 8.86. The smallest absolute Gasteiger partial charge is 0.262 e. The normalized spacial score (nSPS) is 19.9. The van der Waals surface area contributed by atoms with E-state index in [-0.39, 0.29) is 11.5 Å². The van der Waals surface area contributed by atoms with Crippen molar-refractivity contribution >= 4 is 11.5 Å². The van der Waals surface area contributed by atoms with E-state index < -0.39 is 5.54 Å². The summed E-state index contributed by atoms with van der Waals surface area (Å²) in [4.78, 5) is 12.7. The van der Waals surface area contributed by atoms with E-state index >= 15 is 0 Å². The Labute approximate surface area is 155 Å². The van der Waals surface area contributed by atoms with Crippen LogP contribution in [0.25, 0.3) is 5.57 Å². The summed E-state index contributed by atoms with van der Waals surface area (Å²) in [5.74, 6) is -0.298. The second-order valence-electron chi connectivity index (χ2n) is 7.53. The van der Waals surface area contributed by atoms with Crippen molar-refractivity contribution in [3.05, 3.63) is 75.4 Å². The molecule has 1 atom stereocenters. The maximum atomic E-state index is 12.7. The molecule has 0 bridgehead atoms. The first-order chi connectivity index (χ1) is 12.2. The maximum absolute atomic E-state index is 12.7. The topological polar surface area (TPSA) is 52.9 Å². The summed E-state index contributed by atoms with van der Waals surface area (Å²) in [7, 11) is 0. The van der Waals surface area contributed by atoms with Crippen LogP contribution in [0.3, 0.4) is 0 Å². The molecular formula is C23H24N2O. The van der Waals surface area contributed by atoms with Gasteiger partial charge in [0.2, 0.25) is 0 Å². The second-order valence-corrected chi connectivity index (χ2v) is 7.53. The Hall–Kier alpha value is -2.86. The van der Waals surface area contributed by atoms with Gasteiger partial charge in [0.1, 0.15) is 11.6 Å². The van der Waals surface area contributed by atoms with Crippen LogP contribution in [-0.4, -0.2) is 5.91 Å². The minimum atomic E-state index is -0.538. The van der Waals surface area contributed by atoms with Crippen molar-refractivity contribution in [1.29, 1.82) is 5.26 Å². The molecule has 26 heavy (non-hydrogen) atoms. The molecule has 0 aliphatic carbocycles. The SMILES string of the molecule is Cc1ccc(C2=C(C#N)C(=O)NC(C)(c3ccc(C)c(C)c3)C2)cc1C. The predicted molar refractivity (Wildman–Crippen MR) is 104 cm³/mol. The van der Waals surface area contributed by atoms with E-state index in [0.717, 1.165) is 22.3 Å². The lowest BCUT2D eigenvalue weighted by atomic mass is 9.77. The molecule has 0 saturated heterocycles. The van der Waals surface area contributed by atoms with Gasteiger partial charge in [0, 0.05) is 6.42 Å². The van der Waals surface area contributed by atoms with Gasteiger partial charge in [0.15, 0.2) is 0 Å². The second kappa shape index (κ2) is 6.46. The van der Waals surface area contributed by atoms with E-state index in [9.17, 15) is 10.1 Å². The van der Waals surface area contributed by atoms with E-state index in [0.29, 0.717) is 6.42 Å². The molecule has 2 aromatic carbocycles. The van der Waals surface area contributed by atoms with Gasteiger partial charge in [0.05, 0.1) is 5.54 Å². The summed E-state index contributed by atoms with van der Waals surface area (Å²) < 4.78 is 0. The number of rotatable bonds is 2. The third-order valence-electron chi connectivity index (χ3n) is 5.56. The molecule has 0 radical (unpaired) electrons. The van der Waals surface area contributed by atoms with Gasteiger partial charge >= 0.3 is 0 Å².